The Kier molecular flexibility index (Phi) is 7.06. The average molecular weight is 482 g/mol. The van der Waals surface area contributed by atoms with Gasteiger partial charge in [0, 0.05) is 24.1 Å². The summed E-state index contributed by atoms with van der Waals surface area (Å²) < 4.78 is 7.54. The summed E-state index contributed by atoms with van der Waals surface area (Å²) in [5.41, 5.74) is 7.94. The first kappa shape index (κ1) is 24.9. The molecule has 1 amide bonds. The number of nitrogens with one attached hydrogen (secondary N) is 1. The molecule has 0 aliphatic heterocycles. The maximum absolute atomic E-state index is 12.3. The van der Waals surface area contributed by atoms with Gasteiger partial charge >= 0.3 is 5.97 Å². The lowest BCUT2D eigenvalue weighted by molar-refractivity contribution is -0.132. The molecule has 184 valence electrons. The number of benzene rings is 3. The SMILES string of the molecule is CC(=O)Oc1c(-c2ccc(NC(=O)C(C)C)cc2)c(-c2cccc(C)c2)nn1-c1cccc(C)c1C. The Morgan fingerprint density at radius 2 is 1.61 bits per heavy atom. The fourth-order valence-electron chi connectivity index (χ4n) is 4.02. The Hall–Kier alpha value is -4.19. The second kappa shape index (κ2) is 10.2. The minimum atomic E-state index is -0.431. The van der Waals surface area contributed by atoms with Crippen molar-refractivity contribution in [1.29, 1.82) is 0 Å². The van der Waals surface area contributed by atoms with Crippen molar-refractivity contribution < 1.29 is 14.3 Å². The number of rotatable bonds is 6. The number of amides is 1. The highest BCUT2D eigenvalue weighted by molar-refractivity contribution is 5.93. The van der Waals surface area contributed by atoms with E-state index in [4.69, 9.17) is 9.84 Å². The average Bonchev–Trinajstić information content (AvgIpc) is 3.19. The van der Waals surface area contributed by atoms with Crippen LogP contribution in [0.2, 0.25) is 0 Å². The van der Waals surface area contributed by atoms with Gasteiger partial charge < -0.3 is 10.1 Å². The van der Waals surface area contributed by atoms with Gasteiger partial charge in [-0.15, -0.1) is 0 Å². The molecule has 0 spiro atoms. The van der Waals surface area contributed by atoms with E-state index in [1.807, 2.05) is 95.3 Å². The molecule has 4 aromatic rings. The van der Waals surface area contributed by atoms with Crippen LogP contribution >= 0.6 is 0 Å². The molecule has 0 aliphatic rings. The molecule has 6 nitrogen and oxygen atoms in total. The van der Waals surface area contributed by atoms with Gasteiger partial charge in [-0.1, -0.05) is 61.9 Å². The zero-order valence-corrected chi connectivity index (χ0v) is 21.5. The van der Waals surface area contributed by atoms with Crippen LogP contribution in [0.4, 0.5) is 5.69 Å². The molecule has 4 rings (SSSR count). The second-order valence-corrected chi connectivity index (χ2v) is 9.34. The quantitative estimate of drug-likeness (QED) is 0.313. The molecule has 0 radical (unpaired) electrons. The number of anilines is 1. The Labute approximate surface area is 211 Å². The van der Waals surface area contributed by atoms with E-state index in [0.717, 1.165) is 33.5 Å². The van der Waals surface area contributed by atoms with Crippen LogP contribution in [-0.4, -0.2) is 21.7 Å². The van der Waals surface area contributed by atoms with Gasteiger partial charge in [0.2, 0.25) is 11.8 Å². The summed E-state index contributed by atoms with van der Waals surface area (Å²) in [5, 5.41) is 7.91. The number of carbonyl (C=O) groups excluding carboxylic acids is 2. The molecule has 36 heavy (non-hydrogen) atoms. The molecule has 0 saturated heterocycles. The molecule has 1 N–H and O–H groups in total. The molecule has 0 unspecified atom stereocenters. The van der Waals surface area contributed by atoms with Gasteiger partial charge in [0.25, 0.3) is 0 Å². The van der Waals surface area contributed by atoms with Gasteiger partial charge in [-0.25, -0.2) is 0 Å². The van der Waals surface area contributed by atoms with Crippen LogP contribution in [0.15, 0.2) is 66.7 Å². The van der Waals surface area contributed by atoms with Crippen LogP contribution in [0.5, 0.6) is 5.88 Å². The van der Waals surface area contributed by atoms with Crippen molar-refractivity contribution in [2.24, 2.45) is 5.92 Å². The van der Waals surface area contributed by atoms with Crippen LogP contribution in [-0.2, 0) is 9.59 Å². The molecule has 0 aliphatic carbocycles. The van der Waals surface area contributed by atoms with E-state index < -0.39 is 5.97 Å². The number of ether oxygens (including phenoxy) is 1. The van der Waals surface area contributed by atoms with Gasteiger partial charge in [0.05, 0.1) is 11.3 Å². The van der Waals surface area contributed by atoms with Crippen LogP contribution < -0.4 is 10.1 Å². The van der Waals surface area contributed by atoms with E-state index in [9.17, 15) is 9.59 Å². The Morgan fingerprint density at radius 1 is 0.917 bits per heavy atom. The zero-order chi connectivity index (χ0) is 26.0. The van der Waals surface area contributed by atoms with Crippen molar-refractivity contribution in [1.82, 2.24) is 9.78 Å². The predicted octanol–water partition coefficient (Wildman–Crippen LogP) is 6.65. The van der Waals surface area contributed by atoms with E-state index in [2.05, 4.69) is 11.4 Å². The molecule has 1 heterocycles. The summed E-state index contributed by atoms with van der Waals surface area (Å²) in [5.74, 6) is -0.249. The van der Waals surface area contributed by atoms with Crippen molar-refractivity contribution in [3.63, 3.8) is 0 Å². The smallest absolute Gasteiger partial charge is 0.309 e. The van der Waals surface area contributed by atoms with Crippen molar-refractivity contribution in [2.45, 2.75) is 41.5 Å². The highest BCUT2D eigenvalue weighted by Gasteiger charge is 2.25. The Bertz CT molecular complexity index is 1430. The first-order valence-electron chi connectivity index (χ1n) is 12.0. The molecule has 0 saturated carbocycles. The highest BCUT2D eigenvalue weighted by atomic mass is 16.5. The van der Waals surface area contributed by atoms with Crippen molar-refractivity contribution >= 4 is 17.6 Å². The molecule has 6 heteroatoms. The lowest BCUT2D eigenvalue weighted by atomic mass is 9.99. The number of hydrogen-bond donors (Lipinski definition) is 1. The van der Waals surface area contributed by atoms with E-state index in [0.29, 0.717) is 22.8 Å². The largest absolute Gasteiger partial charge is 0.407 e. The lowest BCUT2D eigenvalue weighted by Crippen LogP contribution is -2.17. The van der Waals surface area contributed by atoms with Crippen molar-refractivity contribution in [3.05, 3.63) is 83.4 Å². The Morgan fingerprint density at radius 3 is 2.25 bits per heavy atom. The molecule has 1 aromatic heterocycles. The summed E-state index contributed by atoms with van der Waals surface area (Å²) in [6, 6.07) is 21.6. The van der Waals surface area contributed by atoms with E-state index >= 15 is 0 Å². The first-order valence-corrected chi connectivity index (χ1v) is 12.0. The Balaban J connectivity index is 1.96. The van der Waals surface area contributed by atoms with Crippen molar-refractivity contribution in [2.75, 3.05) is 5.32 Å². The highest BCUT2D eigenvalue weighted by Crippen LogP contribution is 2.42. The number of hydrogen-bond acceptors (Lipinski definition) is 4. The van der Waals surface area contributed by atoms with Gasteiger partial charge in [0.15, 0.2) is 0 Å². The third-order valence-electron chi connectivity index (χ3n) is 6.14. The van der Waals surface area contributed by atoms with E-state index in [-0.39, 0.29) is 11.8 Å². The van der Waals surface area contributed by atoms with Crippen LogP contribution in [0.25, 0.3) is 28.1 Å². The normalized spacial score (nSPS) is 11.0. The minimum Gasteiger partial charge on any atom is -0.407 e. The molecule has 0 atom stereocenters. The minimum absolute atomic E-state index is 0.0495. The number of aryl methyl sites for hydroxylation is 2. The van der Waals surface area contributed by atoms with Crippen molar-refractivity contribution in [3.8, 4) is 34.0 Å². The monoisotopic (exact) mass is 481 g/mol. The molecule has 3 aromatic carbocycles. The fourth-order valence-corrected chi connectivity index (χ4v) is 4.02. The summed E-state index contributed by atoms with van der Waals surface area (Å²) in [6.07, 6.45) is 0. The first-order chi connectivity index (χ1) is 17.2. The van der Waals surface area contributed by atoms with Gasteiger partial charge in [-0.05, 0) is 61.7 Å². The number of aromatic nitrogens is 2. The molecular formula is C30H31N3O3. The number of nitrogens with zero attached hydrogens (tertiary/aromatic N) is 2. The number of carbonyl (C=O) groups is 2. The number of esters is 1. The van der Waals surface area contributed by atoms with E-state index in [1.54, 1.807) is 4.68 Å². The third-order valence-corrected chi connectivity index (χ3v) is 6.14. The molecule has 0 bridgehead atoms. The maximum atomic E-state index is 12.3. The molecular weight excluding hydrogens is 450 g/mol. The van der Waals surface area contributed by atoms with Crippen LogP contribution in [0.3, 0.4) is 0 Å². The van der Waals surface area contributed by atoms with Gasteiger partial charge in [0.1, 0.15) is 5.69 Å². The van der Waals surface area contributed by atoms with E-state index in [1.165, 1.54) is 6.92 Å². The summed E-state index contributed by atoms with van der Waals surface area (Å²) >= 11 is 0. The predicted molar refractivity (Wildman–Crippen MR) is 143 cm³/mol. The fraction of sp³-hybridized carbons (Fsp3) is 0.233. The van der Waals surface area contributed by atoms with Gasteiger partial charge in [-0.2, -0.15) is 9.78 Å². The summed E-state index contributed by atoms with van der Waals surface area (Å²) in [6.45, 7) is 11.2. The topological polar surface area (TPSA) is 73.2 Å². The zero-order valence-electron chi connectivity index (χ0n) is 21.5. The van der Waals surface area contributed by atoms with Gasteiger partial charge in [-0.3, -0.25) is 9.59 Å². The van der Waals surface area contributed by atoms with Crippen LogP contribution in [0, 0.1) is 26.7 Å². The lowest BCUT2D eigenvalue weighted by Gasteiger charge is -2.13. The standard InChI is InChI=1S/C30H31N3O3/c1-18(2)29(35)31-25-15-13-23(14-16-25)27-28(24-11-7-9-19(3)17-24)32-33(30(27)36-22(6)34)26-12-8-10-20(4)21(26)5/h7-18H,1-6H3,(H,31,35). The summed E-state index contributed by atoms with van der Waals surface area (Å²) in [7, 11) is 0. The maximum Gasteiger partial charge on any atom is 0.309 e. The summed E-state index contributed by atoms with van der Waals surface area (Å²) in [4.78, 5) is 24.4. The second-order valence-electron chi connectivity index (χ2n) is 9.34. The third kappa shape index (κ3) is 5.08. The molecule has 0 fully saturated rings. The van der Waals surface area contributed by atoms with Crippen LogP contribution in [0.1, 0.15) is 37.5 Å².